The van der Waals surface area contributed by atoms with Crippen molar-refractivity contribution in [3.63, 3.8) is 0 Å². The fraction of sp³-hybridized carbons (Fsp3) is 0.417. The highest BCUT2D eigenvalue weighted by Gasteiger charge is 2.30. The Morgan fingerprint density at radius 2 is 1.81 bits per heavy atom. The molecule has 0 aromatic heterocycles. The number of benzene rings is 1. The molecule has 86 valence electrons. The zero-order chi connectivity index (χ0) is 11.8. The maximum atomic E-state index is 12.8. The molecule has 16 heavy (non-hydrogen) atoms. The van der Waals surface area contributed by atoms with E-state index < -0.39 is 0 Å². The Hall–Kier alpha value is -0.480. The van der Waals surface area contributed by atoms with Gasteiger partial charge in [0.2, 0.25) is 0 Å². The summed E-state index contributed by atoms with van der Waals surface area (Å²) in [6.45, 7) is 6.55. The van der Waals surface area contributed by atoms with Crippen LogP contribution in [0.2, 0.25) is 0 Å². The largest absolute Gasteiger partial charge is 0.261 e. The third-order valence-corrected chi connectivity index (χ3v) is 5.18. The van der Waals surface area contributed by atoms with E-state index in [0.29, 0.717) is 0 Å². The average molecular weight is 255 g/mol. The van der Waals surface area contributed by atoms with Crippen molar-refractivity contribution in [2.75, 3.05) is 0 Å². The van der Waals surface area contributed by atoms with Crippen LogP contribution in [0.1, 0.15) is 26.3 Å². The first-order chi connectivity index (χ1) is 7.47. The van der Waals surface area contributed by atoms with Gasteiger partial charge in [0, 0.05) is 5.56 Å². The van der Waals surface area contributed by atoms with Crippen molar-refractivity contribution in [2.45, 2.75) is 26.1 Å². The first kappa shape index (κ1) is 12.0. The second-order valence-electron chi connectivity index (χ2n) is 4.84. The Bertz CT molecular complexity index is 406. The van der Waals surface area contributed by atoms with Gasteiger partial charge in [0.05, 0.1) is 0 Å². The van der Waals surface area contributed by atoms with Crippen molar-refractivity contribution in [1.82, 2.24) is 0 Å². The van der Waals surface area contributed by atoms with Gasteiger partial charge in [-0.05, 0) is 40.5 Å². The molecule has 0 amide bonds. The third-order valence-electron chi connectivity index (χ3n) is 2.28. The highest BCUT2D eigenvalue weighted by molar-refractivity contribution is 8.83. The maximum absolute atomic E-state index is 12.8. The molecule has 1 aliphatic heterocycles. The predicted molar refractivity (Wildman–Crippen MR) is 71.4 cm³/mol. The van der Waals surface area contributed by atoms with Gasteiger partial charge in [-0.25, -0.2) is 4.39 Å². The number of aliphatic imine (C=N–C) groups is 1. The van der Waals surface area contributed by atoms with Gasteiger partial charge in [-0.1, -0.05) is 31.6 Å². The summed E-state index contributed by atoms with van der Waals surface area (Å²) in [7, 11) is 3.46. The molecule has 0 radical (unpaired) electrons. The summed E-state index contributed by atoms with van der Waals surface area (Å²) in [4.78, 5) is 4.68. The highest BCUT2D eigenvalue weighted by atomic mass is 33.1. The summed E-state index contributed by atoms with van der Waals surface area (Å²) in [5.74, 6) is -0.202. The van der Waals surface area contributed by atoms with E-state index in [1.165, 1.54) is 12.1 Å². The standard InChI is InChI=1S/C12H14FNS2/c1-12(2,3)11-14-10(15-16-11)8-4-6-9(13)7-5-8/h4-7,11H,1-3H3. The molecule has 1 atom stereocenters. The zero-order valence-corrected chi connectivity index (χ0v) is 11.2. The molecule has 0 N–H and O–H groups in total. The molecule has 1 unspecified atom stereocenters. The molecule has 1 aromatic rings. The van der Waals surface area contributed by atoms with Crippen molar-refractivity contribution in [3.05, 3.63) is 35.6 Å². The molecule has 0 bridgehead atoms. The lowest BCUT2D eigenvalue weighted by molar-refractivity contribution is 0.405. The van der Waals surface area contributed by atoms with E-state index in [1.54, 1.807) is 33.7 Å². The van der Waals surface area contributed by atoms with Crippen LogP contribution in [0.4, 0.5) is 4.39 Å². The van der Waals surface area contributed by atoms with E-state index in [-0.39, 0.29) is 16.6 Å². The molecule has 2 rings (SSSR count). The van der Waals surface area contributed by atoms with Gasteiger partial charge in [0.1, 0.15) is 16.2 Å². The lowest BCUT2D eigenvalue weighted by atomic mass is 9.97. The van der Waals surface area contributed by atoms with E-state index in [1.807, 2.05) is 0 Å². The summed E-state index contributed by atoms with van der Waals surface area (Å²) >= 11 is 0. The van der Waals surface area contributed by atoms with Crippen LogP contribution < -0.4 is 0 Å². The minimum atomic E-state index is -0.202. The molecule has 0 saturated heterocycles. The molecule has 1 aliphatic rings. The third kappa shape index (κ3) is 2.61. The van der Waals surface area contributed by atoms with Gasteiger partial charge in [0.15, 0.2) is 0 Å². The molecule has 1 aromatic carbocycles. The molecule has 1 heterocycles. The minimum absolute atomic E-state index is 0.166. The Kier molecular flexibility index (Phi) is 3.31. The Balaban J connectivity index is 2.21. The van der Waals surface area contributed by atoms with Gasteiger partial charge >= 0.3 is 0 Å². The Morgan fingerprint density at radius 3 is 2.31 bits per heavy atom. The smallest absolute Gasteiger partial charge is 0.123 e. The number of hydrogen-bond donors (Lipinski definition) is 0. The monoisotopic (exact) mass is 255 g/mol. The molecule has 0 spiro atoms. The second kappa shape index (κ2) is 4.41. The van der Waals surface area contributed by atoms with Crippen LogP contribution >= 0.6 is 21.6 Å². The minimum Gasteiger partial charge on any atom is -0.261 e. The number of rotatable bonds is 1. The average Bonchev–Trinajstić information content (AvgIpc) is 2.67. The van der Waals surface area contributed by atoms with Gasteiger partial charge in [-0.2, -0.15) is 0 Å². The highest BCUT2D eigenvalue weighted by Crippen LogP contribution is 2.45. The first-order valence-electron chi connectivity index (χ1n) is 5.14. The number of hydrogen-bond acceptors (Lipinski definition) is 3. The van der Waals surface area contributed by atoms with Gasteiger partial charge in [-0.3, -0.25) is 4.99 Å². The van der Waals surface area contributed by atoms with Crippen molar-refractivity contribution in [2.24, 2.45) is 10.4 Å². The van der Waals surface area contributed by atoms with E-state index in [0.717, 1.165) is 10.6 Å². The van der Waals surface area contributed by atoms with Gasteiger partial charge < -0.3 is 0 Å². The van der Waals surface area contributed by atoms with E-state index in [9.17, 15) is 4.39 Å². The van der Waals surface area contributed by atoms with Crippen LogP contribution in [0.3, 0.4) is 0 Å². The summed E-state index contributed by atoms with van der Waals surface area (Å²) < 4.78 is 12.8. The molecule has 0 saturated carbocycles. The number of halogens is 1. The topological polar surface area (TPSA) is 12.4 Å². The van der Waals surface area contributed by atoms with Crippen molar-refractivity contribution in [1.29, 1.82) is 0 Å². The van der Waals surface area contributed by atoms with E-state index >= 15 is 0 Å². The van der Waals surface area contributed by atoms with Crippen molar-refractivity contribution >= 4 is 26.6 Å². The molecular weight excluding hydrogens is 241 g/mol. The summed E-state index contributed by atoms with van der Waals surface area (Å²) in [6, 6.07) is 6.53. The summed E-state index contributed by atoms with van der Waals surface area (Å²) in [5.41, 5.74) is 1.17. The van der Waals surface area contributed by atoms with Crippen LogP contribution in [0.15, 0.2) is 29.3 Å². The lowest BCUT2D eigenvalue weighted by Crippen LogP contribution is -2.18. The van der Waals surface area contributed by atoms with Crippen molar-refractivity contribution in [3.8, 4) is 0 Å². The van der Waals surface area contributed by atoms with Gasteiger partial charge in [0.25, 0.3) is 0 Å². The summed E-state index contributed by atoms with van der Waals surface area (Å²) in [5, 5.41) is 1.28. The fourth-order valence-corrected chi connectivity index (χ4v) is 4.32. The van der Waals surface area contributed by atoms with E-state index in [4.69, 9.17) is 0 Å². The Morgan fingerprint density at radius 1 is 1.19 bits per heavy atom. The molecule has 4 heteroatoms. The van der Waals surface area contributed by atoms with Gasteiger partial charge in [-0.15, -0.1) is 0 Å². The fourth-order valence-electron chi connectivity index (χ4n) is 1.29. The molecular formula is C12H14FNS2. The lowest BCUT2D eigenvalue weighted by Gasteiger charge is -2.22. The number of nitrogens with zero attached hydrogens (tertiary/aromatic N) is 1. The summed E-state index contributed by atoms with van der Waals surface area (Å²) in [6.07, 6.45) is 0. The Labute approximate surface area is 103 Å². The molecule has 0 fully saturated rings. The molecule has 0 aliphatic carbocycles. The van der Waals surface area contributed by atoms with Crippen molar-refractivity contribution < 1.29 is 4.39 Å². The van der Waals surface area contributed by atoms with Crippen LogP contribution in [-0.2, 0) is 0 Å². The zero-order valence-electron chi connectivity index (χ0n) is 9.53. The predicted octanol–water partition coefficient (Wildman–Crippen LogP) is 4.34. The van der Waals surface area contributed by atoms with E-state index in [2.05, 4.69) is 25.8 Å². The van der Waals surface area contributed by atoms with Crippen LogP contribution in [0.25, 0.3) is 0 Å². The first-order valence-corrected chi connectivity index (χ1v) is 7.35. The second-order valence-corrected chi connectivity index (χ2v) is 7.11. The SMILES string of the molecule is CC(C)(C)C1N=C(c2ccc(F)cc2)SS1. The quantitative estimate of drug-likeness (QED) is 0.692. The molecule has 1 nitrogen and oxygen atoms in total. The normalized spacial score (nSPS) is 21.0. The van der Waals surface area contributed by atoms with Crippen LogP contribution in [0, 0.1) is 11.2 Å². The maximum Gasteiger partial charge on any atom is 0.123 e. The van der Waals surface area contributed by atoms with Crippen LogP contribution in [0.5, 0.6) is 0 Å². The van der Waals surface area contributed by atoms with Crippen LogP contribution in [-0.4, -0.2) is 10.4 Å².